The minimum atomic E-state index is -4.50. The van der Waals surface area contributed by atoms with Crippen LogP contribution in [-0.4, -0.2) is 30.2 Å². The standard InChI is InChI=1S/C33H45F3N2O3/c1-27(2)10-12-32(26(41)38-18-33(34,35)36)13-11-31(7)24(20(32)16-27)21(39)14-23-29(5)15-19(17-37)25(40)28(3,4)22(29)8-9-30(23,31)6/h15,20,22-24H,8-14,16,18H2,1-7H3,(H,38,41). The molecule has 4 fully saturated rings. The molecule has 0 aromatic heterocycles. The van der Waals surface area contributed by atoms with Crippen molar-refractivity contribution in [1.82, 2.24) is 5.32 Å². The number of nitrogens with zero attached hydrogens (tertiary/aromatic N) is 1. The molecular weight excluding hydrogens is 529 g/mol. The summed E-state index contributed by atoms with van der Waals surface area (Å²) in [6.07, 6.45) is 2.16. The molecular formula is C33H45F3N2O3. The number of Topliss-reactive ketones (excluding diaryl/α,β-unsaturated/α-hetero) is 2. The molecule has 8 atom stereocenters. The number of hydrogen-bond acceptors (Lipinski definition) is 4. The predicted octanol–water partition coefficient (Wildman–Crippen LogP) is 6.96. The normalized spacial score (nSPS) is 44.8. The van der Waals surface area contributed by atoms with Gasteiger partial charge in [0.1, 0.15) is 18.4 Å². The smallest absolute Gasteiger partial charge is 0.346 e. The zero-order valence-electron chi connectivity index (χ0n) is 25.6. The van der Waals surface area contributed by atoms with Gasteiger partial charge in [0.05, 0.1) is 11.0 Å². The first-order chi connectivity index (χ1) is 18.7. The van der Waals surface area contributed by atoms with Gasteiger partial charge in [-0.05, 0) is 84.4 Å². The zero-order valence-corrected chi connectivity index (χ0v) is 25.6. The van der Waals surface area contributed by atoms with E-state index in [1.807, 2.05) is 19.9 Å². The molecule has 0 aromatic rings. The van der Waals surface area contributed by atoms with Crippen molar-refractivity contribution in [3.8, 4) is 6.07 Å². The summed E-state index contributed by atoms with van der Waals surface area (Å²) in [4.78, 5) is 41.4. The number of nitriles is 1. The van der Waals surface area contributed by atoms with E-state index >= 15 is 0 Å². The number of carbonyl (C=O) groups excluding carboxylic acids is 3. The zero-order chi connectivity index (χ0) is 30.6. The summed E-state index contributed by atoms with van der Waals surface area (Å²) < 4.78 is 39.4. The predicted molar refractivity (Wildman–Crippen MR) is 148 cm³/mol. The quantitative estimate of drug-likeness (QED) is 0.386. The first kappa shape index (κ1) is 30.3. The summed E-state index contributed by atoms with van der Waals surface area (Å²) >= 11 is 0. The lowest BCUT2D eigenvalue weighted by Crippen LogP contribution is -2.69. The van der Waals surface area contributed by atoms with Gasteiger partial charge in [-0.2, -0.15) is 18.4 Å². The van der Waals surface area contributed by atoms with Gasteiger partial charge in [-0.25, -0.2) is 0 Å². The number of amides is 1. The van der Waals surface area contributed by atoms with Crippen LogP contribution in [0, 0.1) is 67.5 Å². The third-order valence-corrected chi connectivity index (χ3v) is 13.4. The summed E-state index contributed by atoms with van der Waals surface area (Å²) in [6, 6.07) is 2.14. The van der Waals surface area contributed by atoms with Crippen molar-refractivity contribution in [2.75, 3.05) is 6.54 Å². The van der Waals surface area contributed by atoms with Crippen molar-refractivity contribution in [3.63, 3.8) is 0 Å². The Labute approximate surface area is 242 Å². The minimum Gasteiger partial charge on any atom is -0.346 e. The van der Waals surface area contributed by atoms with E-state index in [1.54, 1.807) is 0 Å². The Hall–Kier alpha value is -2.17. The Bertz CT molecular complexity index is 1260. The van der Waals surface area contributed by atoms with Crippen molar-refractivity contribution in [1.29, 1.82) is 5.26 Å². The summed E-state index contributed by atoms with van der Waals surface area (Å²) in [5, 5.41) is 12.1. The molecule has 0 aromatic carbocycles. The molecule has 0 radical (unpaired) electrons. The number of carbonyl (C=O) groups is 3. The fraction of sp³-hybridized carbons (Fsp3) is 0.818. The van der Waals surface area contributed by atoms with Crippen LogP contribution in [0.5, 0.6) is 0 Å². The number of ketones is 2. The number of halogens is 3. The average molecular weight is 575 g/mol. The highest BCUT2D eigenvalue weighted by Crippen LogP contribution is 2.75. The molecule has 8 unspecified atom stereocenters. The maximum absolute atomic E-state index is 14.5. The molecule has 4 saturated carbocycles. The van der Waals surface area contributed by atoms with E-state index in [0.29, 0.717) is 32.1 Å². The van der Waals surface area contributed by atoms with Gasteiger partial charge in [-0.1, -0.05) is 54.5 Å². The lowest BCUT2D eigenvalue weighted by molar-refractivity contribution is -0.222. The van der Waals surface area contributed by atoms with E-state index in [2.05, 4.69) is 46.0 Å². The Morgan fingerprint density at radius 1 is 0.976 bits per heavy atom. The van der Waals surface area contributed by atoms with Gasteiger partial charge in [0.2, 0.25) is 5.91 Å². The van der Waals surface area contributed by atoms with Crippen LogP contribution in [0.15, 0.2) is 11.6 Å². The van der Waals surface area contributed by atoms with Crippen LogP contribution in [-0.2, 0) is 14.4 Å². The van der Waals surface area contributed by atoms with E-state index in [-0.39, 0.29) is 45.7 Å². The lowest BCUT2D eigenvalue weighted by atomic mass is 9.31. The molecule has 0 heterocycles. The summed E-state index contributed by atoms with van der Waals surface area (Å²) in [5.74, 6) is -1.43. The van der Waals surface area contributed by atoms with Crippen LogP contribution < -0.4 is 5.32 Å². The molecule has 0 spiro atoms. The molecule has 8 heteroatoms. The maximum atomic E-state index is 14.5. The van der Waals surface area contributed by atoms with E-state index in [1.165, 1.54) is 0 Å². The number of hydrogen-bond donors (Lipinski definition) is 1. The lowest BCUT2D eigenvalue weighted by Gasteiger charge is -2.71. The Balaban J connectivity index is 1.59. The topological polar surface area (TPSA) is 87.0 Å². The number of nitrogens with one attached hydrogen (secondary N) is 1. The van der Waals surface area contributed by atoms with Gasteiger partial charge >= 0.3 is 6.18 Å². The van der Waals surface area contributed by atoms with Gasteiger partial charge in [-0.15, -0.1) is 0 Å². The molecule has 5 aliphatic carbocycles. The molecule has 0 aliphatic heterocycles. The largest absolute Gasteiger partial charge is 0.405 e. The molecule has 0 bridgehead atoms. The van der Waals surface area contributed by atoms with Gasteiger partial charge in [0.25, 0.3) is 0 Å². The number of fused-ring (bicyclic) bond motifs is 7. The number of allylic oxidation sites excluding steroid dienone is 2. The van der Waals surface area contributed by atoms with Gasteiger partial charge < -0.3 is 5.32 Å². The second-order valence-corrected chi connectivity index (χ2v) is 16.1. The molecule has 5 nitrogen and oxygen atoms in total. The highest BCUT2D eigenvalue weighted by atomic mass is 19.4. The molecule has 226 valence electrons. The third kappa shape index (κ3) is 4.10. The Kier molecular flexibility index (Phi) is 6.59. The van der Waals surface area contributed by atoms with E-state index in [0.717, 1.165) is 19.3 Å². The fourth-order valence-electron chi connectivity index (χ4n) is 11.1. The van der Waals surface area contributed by atoms with Gasteiger partial charge in [0.15, 0.2) is 5.78 Å². The van der Waals surface area contributed by atoms with Crippen LogP contribution in [0.4, 0.5) is 13.2 Å². The molecule has 5 rings (SSSR count). The van der Waals surface area contributed by atoms with Crippen LogP contribution in [0.2, 0.25) is 0 Å². The Morgan fingerprint density at radius 2 is 1.61 bits per heavy atom. The van der Waals surface area contributed by atoms with Crippen LogP contribution in [0.1, 0.15) is 99.8 Å². The maximum Gasteiger partial charge on any atom is 0.405 e. The fourth-order valence-corrected chi connectivity index (χ4v) is 11.1. The summed E-state index contributed by atoms with van der Waals surface area (Å²) in [5.41, 5.74) is -2.95. The summed E-state index contributed by atoms with van der Waals surface area (Å²) in [6.45, 7) is 13.4. The monoisotopic (exact) mass is 574 g/mol. The summed E-state index contributed by atoms with van der Waals surface area (Å²) in [7, 11) is 0. The Morgan fingerprint density at radius 3 is 2.22 bits per heavy atom. The second kappa shape index (κ2) is 8.92. The van der Waals surface area contributed by atoms with E-state index < -0.39 is 46.2 Å². The van der Waals surface area contributed by atoms with Crippen LogP contribution in [0.25, 0.3) is 0 Å². The van der Waals surface area contributed by atoms with Crippen molar-refractivity contribution in [3.05, 3.63) is 11.6 Å². The highest BCUT2D eigenvalue weighted by Gasteiger charge is 2.73. The molecule has 41 heavy (non-hydrogen) atoms. The molecule has 0 saturated heterocycles. The van der Waals surface area contributed by atoms with Crippen molar-refractivity contribution in [2.45, 2.75) is 106 Å². The van der Waals surface area contributed by atoms with Crippen molar-refractivity contribution < 1.29 is 27.6 Å². The first-order valence-electron chi connectivity index (χ1n) is 15.2. The van der Waals surface area contributed by atoms with E-state index in [4.69, 9.17) is 0 Å². The SMILES string of the molecule is CC1(C)CCC2(C(=O)NCC(F)(F)F)CCC3(C)C(C(=O)CC4C5(C)C=C(C#N)C(=O)C(C)(C)C5CCC43C)C2C1. The number of alkyl halides is 3. The van der Waals surface area contributed by atoms with Gasteiger partial charge in [0, 0.05) is 17.8 Å². The minimum absolute atomic E-state index is 0.00457. The van der Waals surface area contributed by atoms with Crippen molar-refractivity contribution >= 4 is 17.5 Å². The highest BCUT2D eigenvalue weighted by molar-refractivity contribution is 6.04. The molecule has 5 aliphatic rings. The van der Waals surface area contributed by atoms with Gasteiger partial charge in [-0.3, -0.25) is 14.4 Å². The average Bonchev–Trinajstić information content (AvgIpc) is 2.85. The molecule has 1 amide bonds. The van der Waals surface area contributed by atoms with Crippen LogP contribution >= 0.6 is 0 Å². The second-order valence-electron chi connectivity index (χ2n) is 16.1. The number of rotatable bonds is 2. The van der Waals surface area contributed by atoms with E-state index in [9.17, 15) is 32.8 Å². The third-order valence-electron chi connectivity index (χ3n) is 13.4. The van der Waals surface area contributed by atoms with Crippen LogP contribution in [0.3, 0.4) is 0 Å². The first-order valence-corrected chi connectivity index (χ1v) is 15.2. The van der Waals surface area contributed by atoms with Crippen molar-refractivity contribution in [2.24, 2.45) is 56.2 Å². The molecule has 1 N–H and O–H groups in total.